The number of benzene rings is 1. The second-order valence-corrected chi connectivity index (χ2v) is 5.30. The van der Waals surface area contributed by atoms with E-state index >= 15 is 0 Å². The van der Waals surface area contributed by atoms with Crippen LogP contribution in [0.1, 0.15) is 17.0 Å². The zero-order valence-corrected chi connectivity index (χ0v) is 15.3. The highest BCUT2D eigenvalue weighted by molar-refractivity contribution is 14.0. The van der Waals surface area contributed by atoms with Gasteiger partial charge in [-0.3, -0.25) is 4.99 Å². The summed E-state index contributed by atoms with van der Waals surface area (Å²) >= 11 is 0. The summed E-state index contributed by atoms with van der Waals surface area (Å²) in [5.41, 5.74) is 2.84. The minimum absolute atomic E-state index is 0. The van der Waals surface area contributed by atoms with Crippen molar-refractivity contribution in [3.05, 3.63) is 53.6 Å². The molecule has 2 heterocycles. The number of hydrogen-bond donors (Lipinski definition) is 1. The number of nitrogens with zero attached hydrogens (tertiary/aromatic N) is 4. The Morgan fingerprint density at radius 3 is 2.77 bits per heavy atom. The van der Waals surface area contributed by atoms with Crippen LogP contribution in [-0.4, -0.2) is 34.0 Å². The molecule has 3 rings (SSSR count). The predicted molar refractivity (Wildman–Crippen MR) is 99.4 cm³/mol. The molecule has 0 saturated heterocycles. The molecule has 0 atom stereocenters. The van der Waals surface area contributed by atoms with Gasteiger partial charge in [-0.1, -0.05) is 24.3 Å². The van der Waals surface area contributed by atoms with E-state index in [4.69, 9.17) is 0 Å². The van der Waals surface area contributed by atoms with Gasteiger partial charge in [-0.25, -0.2) is 4.98 Å². The average Bonchev–Trinajstić information content (AvgIpc) is 2.93. The van der Waals surface area contributed by atoms with E-state index in [9.17, 15) is 0 Å². The van der Waals surface area contributed by atoms with Crippen molar-refractivity contribution >= 4 is 29.9 Å². The van der Waals surface area contributed by atoms with Gasteiger partial charge >= 0.3 is 0 Å². The van der Waals surface area contributed by atoms with Crippen molar-refractivity contribution in [3.8, 4) is 0 Å². The van der Waals surface area contributed by atoms with E-state index in [0.717, 1.165) is 31.3 Å². The Bertz CT molecular complexity index is 649. The molecular weight excluding hydrogens is 389 g/mol. The van der Waals surface area contributed by atoms with Crippen LogP contribution in [0.2, 0.25) is 0 Å². The molecular formula is C16H22IN5. The summed E-state index contributed by atoms with van der Waals surface area (Å²) in [6.45, 7) is 2.60. The Morgan fingerprint density at radius 1 is 1.32 bits per heavy atom. The monoisotopic (exact) mass is 411 g/mol. The third kappa shape index (κ3) is 3.60. The fourth-order valence-corrected chi connectivity index (χ4v) is 2.73. The van der Waals surface area contributed by atoms with E-state index in [0.29, 0.717) is 6.54 Å². The van der Waals surface area contributed by atoms with E-state index in [1.807, 2.05) is 31.1 Å². The van der Waals surface area contributed by atoms with Crippen molar-refractivity contribution in [2.45, 2.75) is 19.5 Å². The Kier molecular flexibility index (Phi) is 5.82. The molecule has 2 aromatic rings. The standard InChI is InChI=1S/C16H21N5.HI/c1-17-16(19-11-15-18-8-10-20(15)2)21-9-7-13-5-3-4-6-14(13)12-21;/h3-6,8,10H,7,9,11-12H2,1-2H3,(H,17,19);1H. The van der Waals surface area contributed by atoms with Crippen molar-refractivity contribution in [1.82, 2.24) is 19.8 Å². The van der Waals surface area contributed by atoms with Gasteiger partial charge in [-0.05, 0) is 17.5 Å². The normalized spacial score (nSPS) is 14.3. The fourth-order valence-electron chi connectivity index (χ4n) is 2.73. The lowest BCUT2D eigenvalue weighted by molar-refractivity contribution is 0.378. The average molecular weight is 411 g/mol. The third-order valence-electron chi connectivity index (χ3n) is 3.97. The Hall–Kier alpha value is -1.57. The van der Waals surface area contributed by atoms with E-state index in [1.54, 1.807) is 0 Å². The van der Waals surface area contributed by atoms with Crippen LogP contribution < -0.4 is 5.32 Å². The molecule has 0 bridgehead atoms. The highest BCUT2D eigenvalue weighted by Crippen LogP contribution is 2.18. The maximum Gasteiger partial charge on any atom is 0.194 e. The zero-order chi connectivity index (χ0) is 14.7. The summed E-state index contributed by atoms with van der Waals surface area (Å²) in [7, 11) is 3.84. The first-order valence-corrected chi connectivity index (χ1v) is 7.26. The van der Waals surface area contributed by atoms with E-state index in [-0.39, 0.29) is 24.0 Å². The molecule has 22 heavy (non-hydrogen) atoms. The number of halogens is 1. The van der Waals surface area contributed by atoms with Crippen LogP contribution in [0.25, 0.3) is 0 Å². The van der Waals surface area contributed by atoms with Crippen molar-refractivity contribution < 1.29 is 0 Å². The number of aliphatic imine (C=N–C) groups is 1. The first kappa shape index (κ1) is 16.8. The molecule has 1 aliphatic rings. The first-order valence-electron chi connectivity index (χ1n) is 7.26. The van der Waals surface area contributed by atoms with Crippen LogP contribution in [0.5, 0.6) is 0 Å². The lowest BCUT2D eigenvalue weighted by atomic mass is 10.0. The Morgan fingerprint density at radius 2 is 2.09 bits per heavy atom. The van der Waals surface area contributed by atoms with Gasteiger partial charge in [0.15, 0.2) is 5.96 Å². The number of fused-ring (bicyclic) bond motifs is 1. The van der Waals surface area contributed by atoms with Crippen molar-refractivity contribution in [2.24, 2.45) is 12.0 Å². The first-order chi connectivity index (χ1) is 10.3. The quantitative estimate of drug-likeness (QED) is 0.468. The molecule has 0 aliphatic carbocycles. The van der Waals surface area contributed by atoms with E-state index in [1.165, 1.54) is 11.1 Å². The number of rotatable bonds is 2. The number of aryl methyl sites for hydroxylation is 1. The summed E-state index contributed by atoms with van der Waals surface area (Å²) in [6, 6.07) is 8.64. The molecule has 0 spiro atoms. The summed E-state index contributed by atoms with van der Waals surface area (Å²) in [4.78, 5) is 11.0. The van der Waals surface area contributed by atoms with Gasteiger partial charge in [0.2, 0.25) is 0 Å². The minimum Gasteiger partial charge on any atom is -0.349 e. The van der Waals surface area contributed by atoms with Crippen molar-refractivity contribution in [2.75, 3.05) is 13.6 Å². The van der Waals surface area contributed by atoms with Crippen LogP contribution in [0.4, 0.5) is 0 Å². The molecule has 118 valence electrons. The molecule has 1 N–H and O–H groups in total. The number of nitrogens with one attached hydrogen (secondary N) is 1. The smallest absolute Gasteiger partial charge is 0.194 e. The van der Waals surface area contributed by atoms with Crippen LogP contribution in [0.15, 0.2) is 41.7 Å². The maximum atomic E-state index is 4.41. The highest BCUT2D eigenvalue weighted by Gasteiger charge is 2.18. The number of aromatic nitrogens is 2. The van der Waals surface area contributed by atoms with Crippen molar-refractivity contribution in [3.63, 3.8) is 0 Å². The fraction of sp³-hybridized carbons (Fsp3) is 0.375. The van der Waals surface area contributed by atoms with Crippen LogP contribution in [-0.2, 0) is 26.6 Å². The van der Waals surface area contributed by atoms with Gasteiger partial charge in [-0.15, -0.1) is 24.0 Å². The minimum atomic E-state index is 0. The van der Waals surface area contributed by atoms with Crippen LogP contribution >= 0.6 is 24.0 Å². The summed E-state index contributed by atoms with van der Waals surface area (Å²) < 4.78 is 2.02. The second kappa shape index (κ2) is 7.62. The molecule has 0 unspecified atom stereocenters. The molecule has 5 nitrogen and oxygen atoms in total. The molecule has 0 radical (unpaired) electrons. The summed E-state index contributed by atoms with van der Waals surface area (Å²) in [5, 5.41) is 3.41. The highest BCUT2D eigenvalue weighted by atomic mass is 127. The van der Waals surface area contributed by atoms with Gasteiger partial charge in [0.25, 0.3) is 0 Å². The molecule has 0 saturated carbocycles. The SMILES string of the molecule is CN=C(NCc1nccn1C)N1CCc2ccccc2C1.I. The van der Waals surface area contributed by atoms with E-state index < -0.39 is 0 Å². The van der Waals surface area contributed by atoms with Crippen LogP contribution in [0, 0.1) is 0 Å². The maximum absolute atomic E-state index is 4.41. The van der Waals surface area contributed by atoms with E-state index in [2.05, 4.69) is 44.5 Å². The lowest BCUT2D eigenvalue weighted by Crippen LogP contribution is -2.43. The molecule has 0 amide bonds. The molecule has 0 fully saturated rings. The predicted octanol–water partition coefficient (Wildman–Crippen LogP) is 2.17. The summed E-state index contributed by atoms with van der Waals surface area (Å²) in [6.07, 6.45) is 4.84. The zero-order valence-electron chi connectivity index (χ0n) is 13.0. The number of hydrogen-bond acceptors (Lipinski definition) is 2. The Labute approximate surface area is 148 Å². The lowest BCUT2D eigenvalue weighted by Gasteiger charge is -2.31. The van der Waals surface area contributed by atoms with Crippen molar-refractivity contribution in [1.29, 1.82) is 0 Å². The summed E-state index contributed by atoms with van der Waals surface area (Å²) in [5.74, 6) is 1.95. The van der Waals surface area contributed by atoms with Gasteiger partial charge in [0.1, 0.15) is 5.82 Å². The molecule has 6 heteroatoms. The number of imidazole rings is 1. The van der Waals surface area contributed by atoms with Gasteiger partial charge in [0, 0.05) is 39.6 Å². The largest absolute Gasteiger partial charge is 0.349 e. The van der Waals surface area contributed by atoms with Gasteiger partial charge in [0.05, 0.1) is 6.54 Å². The van der Waals surface area contributed by atoms with Gasteiger partial charge in [-0.2, -0.15) is 0 Å². The number of guanidine groups is 1. The topological polar surface area (TPSA) is 45.5 Å². The van der Waals surface area contributed by atoms with Crippen LogP contribution in [0.3, 0.4) is 0 Å². The second-order valence-electron chi connectivity index (χ2n) is 5.30. The molecule has 1 aromatic carbocycles. The Balaban J connectivity index is 0.00000176. The molecule has 1 aliphatic heterocycles. The molecule has 1 aromatic heterocycles. The van der Waals surface area contributed by atoms with Gasteiger partial charge < -0.3 is 14.8 Å². The third-order valence-corrected chi connectivity index (χ3v) is 3.97.